The molecular weight excluding hydrogens is 194 g/mol. The van der Waals surface area contributed by atoms with Crippen LogP contribution in [0.15, 0.2) is 0 Å². The van der Waals surface area contributed by atoms with Crippen molar-refractivity contribution < 1.29 is 14.6 Å². The van der Waals surface area contributed by atoms with Gasteiger partial charge in [-0.1, -0.05) is 0 Å². The maximum absolute atomic E-state index is 10.6. The molecule has 0 aromatic carbocycles. The van der Waals surface area contributed by atoms with Gasteiger partial charge in [-0.05, 0) is 38.8 Å². The van der Waals surface area contributed by atoms with E-state index in [0.29, 0.717) is 18.4 Å². The first-order valence-corrected chi connectivity index (χ1v) is 5.58. The van der Waals surface area contributed by atoms with Gasteiger partial charge in [-0.2, -0.15) is 0 Å². The predicted molar refractivity (Wildman–Crippen MR) is 57.9 cm³/mol. The van der Waals surface area contributed by atoms with Gasteiger partial charge in [0.1, 0.15) is 0 Å². The van der Waals surface area contributed by atoms with E-state index in [-0.39, 0.29) is 0 Å². The zero-order chi connectivity index (χ0) is 11.3. The third kappa shape index (κ3) is 4.18. The van der Waals surface area contributed by atoms with Crippen LogP contribution in [0, 0.1) is 5.92 Å². The van der Waals surface area contributed by atoms with Gasteiger partial charge in [-0.25, -0.2) is 0 Å². The van der Waals surface area contributed by atoms with Crippen molar-refractivity contribution in [3.05, 3.63) is 0 Å². The first-order valence-electron chi connectivity index (χ1n) is 5.58. The van der Waals surface area contributed by atoms with Crippen molar-refractivity contribution in [1.29, 1.82) is 0 Å². The van der Waals surface area contributed by atoms with Crippen molar-refractivity contribution in [2.24, 2.45) is 5.92 Å². The molecule has 0 radical (unpaired) electrons. The zero-order valence-electron chi connectivity index (χ0n) is 9.61. The van der Waals surface area contributed by atoms with E-state index in [1.807, 2.05) is 0 Å². The van der Waals surface area contributed by atoms with Crippen molar-refractivity contribution >= 4 is 5.97 Å². The highest BCUT2D eigenvalue weighted by Gasteiger charge is 2.23. The van der Waals surface area contributed by atoms with Crippen LogP contribution in [-0.2, 0) is 9.53 Å². The summed E-state index contributed by atoms with van der Waals surface area (Å²) in [5, 5.41) is 8.69. The third-order valence-electron chi connectivity index (χ3n) is 3.14. The molecule has 1 atom stereocenters. The molecule has 15 heavy (non-hydrogen) atoms. The van der Waals surface area contributed by atoms with Gasteiger partial charge in [0.15, 0.2) is 0 Å². The summed E-state index contributed by atoms with van der Waals surface area (Å²) in [6, 6.07) is 0.445. The molecule has 1 fully saturated rings. The van der Waals surface area contributed by atoms with Gasteiger partial charge in [0, 0.05) is 19.6 Å². The highest BCUT2D eigenvalue weighted by atomic mass is 16.5. The predicted octanol–water partition coefficient (Wildman–Crippen LogP) is 1.21. The molecule has 4 nitrogen and oxygen atoms in total. The van der Waals surface area contributed by atoms with Crippen LogP contribution >= 0.6 is 0 Å². The van der Waals surface area contributed by atoms with Gasteiger partial charge in [0.25, 0.3) is 0 Å². The average molecular weight is 215 g/mol. The fourth-order valence-corrected chi connectivity index (χ4v) is 2.19. The Hall–Kier alpha value is -0.610. The van der Waals surface area contributed by atoms with Gasteiger partial charge in [-0.3, -0.25) is 9.69 Å². The Morgan fingerprint density at radius 3 is 2.60 bits per heavy atom. The number of carboxylic acid groups (broad SMARTS) is 1. The van der Waals surface area contributed by atoms with Crippen molar-refractivity contribution in [3.8, 4) is 0 Å². The number of piperidine rings is 1. The number of hydrogen-bond acceptors (Lipinski definition) is 3. The summed E-state index contributed by atoms with van der Waals surface area (Å²) >= 11 is 0. The Kier molecular flexibility index (Phi) is 5.05. The summed E-state index contributed by atoms with van der Waals surface area (Å²) in [4.78, 5) is 12.9. The third-order valence-corrected chi connectivity index (χ3v) is 3.14. The topological polar surface area (TPSA) is 49.8 Å². The van der Waals surface area contributed by atoms with Gasteiger partial charge in [-0.15, -0.1) is 0 Å². The number of nitrogens with zero attached hydrogens (tertiary/aromatic N) is 1. The van der Waals surface area contributed by atoms with E-state index in [9.17, 15) is 4.79 Å². The molecule has 0 spiro atoms. The summed E-state index contributed by atoms with van der Waals surface area (Å²) in [6.45, 7) is 4.91. The van der Waals surface area contributed by atoms with Crippen molar-refractivity contribution in [3.63, 3.8) is 0 Å². The fraction of sp³-hybridized carbons (Fsp3) is 0.909. The van der Waals surface area contributed by atoms with E-state index in [2.05, 4.69) is 11.8 Å². The van der Waals surface area contributed by atoms with Gasteiger partial charge in [0.2, 0.25) is 0 Å². The molecule has 0 amide bonds. The lowest BCUT2D eigenvalue weighted by Crippen LogP contribution is -2.42. The summed E-state index contributed by atoms with van der Waals surface area (Å²) in [6.07, 6.45) is 2.33. The van der Waals surface area contributed by atoms with Crippen LogP contribution < -0.4 is 0 Å². The Bertz CT molecular complexity index is 200. The SMILES string of the molecule is COCC(C)N1CCC(CC(=O)O)CC1. The van der Waals surface area contributed by atoms with Crippen molar-refractivity contribution in [2.45, 2.75) is 32.2 Å². The molecule has 1 rings (SSSR count). The minimum absolute atomic E-state index is 0.326. The molecule has 1 heterocycles. The standard InChI is InChI=1S/C11H21NO3/c1-9(8-15-2)12-5-3-10(4-6-12)7-11(13)14/h9-10H,3-8H2,1-2H3,(H,13,14). The summed E-state index contributed by atoms with van der Waals surface area (Å²) in [5.41, 5.74) is 0. The number of ether oxygens (including phenoxy) is 1. The van der Waals surface area contributed by atoms with E-state index in [4.69, 9.17) is 9.84 Å². The van der Waals surface area contributed by atoms with Gasteiger partial charge in [0.05, 0.1) is 6.61 Å². The van der Waals surface area contributed by atoms with Crippen LogP contribution in [0.4, 0.5) is 0 Å². The highest BCUT2D eigenvalue weighted by molar-refractivity contribution is 5.67. The van der Waals surface area contributed by atoms with Crippen LogP contribution in [0.1, 0.15) is 26.2 Å². The Morgan fingerprint density at radius 2 is 2.13 bits per heavy atom. The molecule has 0 aromatic heterocycles. The molecule has 1 aliphatic rings. The quantitative estimate of drug-likeness (QED) is 0.749. The second kappa shape index (κ2) is 6.08. The smallest absolute Gasteiger partial charge is 0.303 e. The first kappa shape index (κ1) is 12.5. The fourth-order valence-electron chi connectivity index (χ4n) is 2.19. The molecule has 0 aliphatic carbocycles. The second-order valence-electron chi connectivity index (χ2n) is 4.38. The lowest BCUT2D eigenvalue weighted by atomic mass is 9.93. The van der Waals surface area contributed by atoms with Crippen molar-refractivity contribution in [2.75, 3.05) is 26.8 Å². The molecular formula is C11H21NO3. The average Bonchev–Trinajstić information content (AvgIpc) is 2.18. The van der Waals surface area contributed by atoms with E-state index in [0.717, 1.165) is 32.5 Å². The number of rotatable bonds is 5. The second-order valence-corrected chi connectivity index (χ2v) is 4.38. The lowest BCUT2D eigenvalue weighted by molar-refractivity contribution is -0.138. The molecule has 1 N–H and O–H groups in total. The molecule has 0 bridgehead atoms. The highest BCUT2D eigenvalue weighted by Crippen LogP contribution is 2.21. The first-order chi connectivity index (χ1) is 7.13. The number of methoxy groups -OCH3 is 1. The summed E-state index contributed by atoms with van der Waals surface area (Å²) in [5.74, 6) is -0.299. The summed E-state index contributed by atoms with van der Waals surface area (Å²) in [7, 11) is 1.72. The molecule has 0 aromatic rings. The number of aliphatic carboxylic acids is 1. The number of carboxylic acids is 1. The van der Waals surface area contributed by atoms with Crippen molar-refractivity contribution in [1.82, 2.24) is 4.90 Å². The monoisotopic (exact) mass is 215 g/mol. The molecule has 1 unspecified atom stereocenters. The maximum Gasteiger partial charge on any atom is 0.303 e. The van der Waals surface area contributed by atoms with E-state index in [1.165, 1.54) is 0 Å². The van der Waals surface area contributed by atoms with Crippen LogP contribution in [0.25, 0.3) is 0 Å². The van der Waals surface area contributed by atoms with Gasteiger partial charge >= 0.3 is 5.97 Å². The van der Waals surface area contributed by atoms with E-state index in [1.54, 1.807) is 7.11 Å². The number of hydrogen-bond donors (Lipinski definition) is 1. The molecule has 1 aliphatic heterocycles. The molecule has 0 saturated carbocycles. The Labute approximate surface area is 91.2 Å². The Balaban J connectivity index is 2.26. The maximum atomic E-state index is 10.6. The Morgan fingerprint density at radius 1 is 1.53 bits per heavy atom. The van der Waals surface area contributed by atoms with Crippen LogP contribution in [-0.4, -0.2) is 48.8 Å². The molecule has 88 valence electrons. The largest absolute Gasteiger partial charge is 0.481 e. The van der Waals surface area contributed by atoms with Crippen LogP contribution in [0.3, 0.4) is 0 Å². The zero-order valence-corrected chi connectivity index (χ0v) is 9.61. The normalized spacial score (nSPS) is 21.5. The minimum atomic E-state index is -0.668. The van der Waals surface area contributed by atoms with Crippen LogP contribution in [0.5, 0.6) is 0 Å². The number of likely N-dealkylation sites (tertiary alicyclic amines) is 1. The van der Waals surface area contributed by atoms with Gasteiger partial charge < -0.3 is 9.84 Å². The molecule has 4 heteroatoms. The minimum Gasteiger partial charge on any atom is -0.481 e. The lowest BCUT2D eigenvalue weighted by Gasteiger charge is -2.35. The van der Waals surface area contributed by atoms with E-state index < -0.39 is 5.97 Å². The molecule has 1 saturated heterocycles. The number of carbonyl (C=O) groups is 1. The van der Waals surface area contributed by atoms with Crippen LogP contribution in [0.2, 0.25) is 0 Å². The summed E-state index contributed by atoms with van der Waals surface area (Å²) < 4.78 is 5.11. The van der Waals surface area contributed by atoms with E-state index >= 15 is 0 Å².